The van der Waals surface area contributed by atoms with Crippen LogP contribution in [0, 0.1) is 13.8 Å². The van der Waals surface area contributed by atoms with Crippen molar-refractivity contribution in [1.82, 2.24) is 14.8 Å². The van der Waals surface area contributed by atoms with E-state index in [4.69, 9.17) is 0 Å². The molecule has 1 N–H and O–H groups in total. The third-order valence-corrected chi connectivity index (χ3v) is 3.11. The highest BCUT2D eigenvalue weighted by Gasteiger charge is 2.22. The Morgan fingerprint density at radius 3 is 2.70 bits per heavy atom. The molecule has 0 saturated carbocycles. The van der Waals surface area contributed by atoms with Crippen molar-refractivity contribution in [3.63, 3.8) is 0 Å². The molecule has 0 aromatic carbocycles. The average Bonchev–Trinajstić information content (AvgIpc) is 2.64. The van der Waals surface area contributed by atoms with Gasteiger partial charge in [-0.2, -0.15) is 5.10 Å². The summed E-state index contributed by atoms with van der Waals surface area (Å²) in [5.41, 5.74) is 2.58. The van der Waals surface area contributed by atoms with Crippen LogP contribution in [0.15, 0.2) is 18.2 Å². The molecule has 0 aliphatic carbocycles. The van der Waals surface area contributed by atoms with Crippen molar-refractivity contribution in [1.29, 1.82) is 0 Å². The van der Waals surface area contributed by atoms with E-state index >= 15 is 0 Å². The topological polar surface area (TPSA) is 71.2 Å². The molecule has 0 atom stereocenters. The predicted molar refractivity (Wildman–Crippen MR) is 76.0 cm³/mol. The van der Waals surface area contributed by atoms with Gasteiger partial charge in [-0.05, 0) is 26.0 Å². The van der Waals surface area contributed by atoms with Crippen molar-refractivity contribution in [2.75, 3.05) is 11.9 Å². The van der Waals surface area contributed by atoms with Crippen LogP contribution in [0.4, 0.5) is 5.82 Å². The minimum Gasteiger partial charge on any atom is -0.477 e. The van der Waals surface area contributed by atoms with Crippen LogP contribution < -0.4 is 4.90 Å². The number of rotatable bonds is 4. The van der Waals surface area contributed by atoms with Gasteiger partial charge in [-0.1, -0.05) is 6.07 Å². The highest BCUT2D eigenvalue weighted by Crippen LogP contribution is 2.23. The smallest absolute Gasteiger partial charge is 0.341 e. The number of carboxylic acid groups (broad SMARTS) is 1. The zero-order chi connectivity index (χ0) is 14.9. The van der Waals surface area contributed by atoms with Gasteiger partial charge < -0.3 is 10.0 Å². The number of hydrogen-bond donors (Lipinski definition) is 1. The van der Waals surface area contributed by atoms with E-state index < -0.39 is 5.97 Å². The first-order valence-corrected chi connectivity index (χ1v) is 6.30. The number of aromatic nitrogens is 3. The Hall–Kier alpha value is -2.37. The third-order valence-electron chi connectivity index (χ3n) is 3.11. The minimum atomic E-state index is -0.963. The summed E-state index contributed by atoms with van der Waals surface area (Å²) in [6.45, 7) is 4.16. The second kappa shape index (κ2) is 5.32. The van der Waals surface area contributed by atoms with E-state index in [1.54, 1.807) is 18.7 Å². The van der Waals surface area contributed by atoms with E-state index in [1.165, 1.54) is 0 Å². The monoisotopic (exact) mass is 274 g/mol. The van der Waals surface area contributed by atoms with Crippen molar-refractivity contribution < 1.29 is 9.90 Å². The molecule has 0 radical (unpaired) electrons. The molecule has 2 rings (SSSR count). The molecular formula is C14H18N4O2. The summed E-state index contributed by atoms with van der Waals surface area (Å²) in [5, 5.41) is 13.5. The van der Waals surface area contributed by atoms with Gasteiger partial charge >= 0.3 is 5.97 Å². The summed E-state index contributed by atoms with van der Waals surface area (Å²) in [7, 11) is 3.59. The van der Waals surface area contributed by atoms with Crippen molar-refractivity contribution >= 4 is 11.8 Å². The molecule has 0 aliphatic rings. The van der Waals surface area contributed by atoms with Crippen LogP contribution in [0.2, 0.25) is 0 Å². The molecule has 6 heteroatoms. The maximum Gasteiger partial charge on any atom is 0.341 e. The Morgan fingerprint density at radius 2 is 2.10 bits per heavy atom. The number of carbonyl (C=O) groups is 1. The zero-order valence-corrected chi connectivity index (χ0v) is 12.1. The molecule has 106 valence electrons. The lowest BCUT2D eigenvalue weighted by atomic mass is 10.2. The molecule has 0 spiro atoms. The maximum atomic E-state index is 11.4. The van der Waals surface area contributed by atoms with Crippen LogP contribution in [0.25, 0.3) is 0 Å². The molecule has 0 fully saturated rings. The van der Waals surface area contributed by atoms with Crippen LogP contribution in [0.5, 0.6) is 0 Å². The summed E-state index contributed by atoms with van der Waals surface area (Å²) in [6.07, 6.45) is 0. The second-order valence-electron chi connectivity index (χ2n) is 4.84. The van der Waals surface area contributed by atoms with Gasteiger partial charge in [0.05, 0.1) is 17.9 Å². The maximum absolute atomic E-state index is 11.4. The number of hydrogen-bond acceptors (Lipinski definition) is 4. The summed E-state index contributed by atoms with van der Waals surface area (Å²) in [5.74, 6) is -0.382. The van der Waals surface area contributed by atoms with E-state index in [2.05, 4.69) is 10.1 Å². The number of carboxylic acids is 1. The van der Waals surface area contributed by atoms with Gasteiger partial charge in [-0.15, -0.1) is 0 Å². The summed E-state index contributed by atoms with van der Waals surface area (Å²) in [6, 6.07) is 5.80. The lowest BCUT2D eigenvalue weighted by Gasteiger charge is -2.19. The first-order chi connectivity index (χ1) is 9.40. The fourth-order valence-electron chi connectivity index (χ4n) is 2.34. The van der Waals surface area contributed by atoms with E-state index in [-0.39, 0.29) is 5.56 Å². The average molecular weight is 274 g/mol. The predicted octanol–water partition coefficient (Wildman–Crippen LogP) is 1.77. The number of nitrogens with zero attached hydrogens (tertiary/aromatic N) is 4. The first kappa shape index (κ1) is 14.0. The molecule has 6 nitrogen and oxygen atoms in total. The molecule has 0 aliphatic heterocycles. The molecule has 0 unspecified atom stereocenters. The number of aryl methyl sites for hydroxylation is 3. The van der Waals surface area contributed by atoms with Crippen LogP contribution in [-0.2, 0) is 13.6 Å². The normalized spacial score (nSPS) is 10.6. The fourth-order valence-corrected chi connectivity index (χ4v) is 2.34. The molecule has 0 bridgehead atoms. The van der Waals surface area contributed by atoms with Crippen molar-refractivity contribution in [3.05, 3.63) is 40.8 Å². The molecule has 2 aromatic rings. The SMILES string of the molecule is Cc1cccc(CN(C)c2c(C(=O)O)c(C)nn2C)n1. The second-order valence-corrected chi connectivity index (χ2v) is 4.84. The molecule has 0 saturated heterocycles. The summed E-state index contributed by atoms with van der Waals surface area (Å²) >= 11 is 0. The van der Waals surface area contributed by atoms with Crippen molar-refractivity contribution in [2.45, 2.75) is 20.4 Å². The van der Waals surface area contributed by atoms with Gasteiger partial charge in [0.2, 0.25) is 0 Å². The zero-order valence-electron chi connectivity index (χ0n) is 12.1. The Balaban J connectivity index is 2.34. The molecule has 20 heavy (non-hydrogen) atoms. The molecular weight excluding hydrogens is 256 g/mol. The van der Waals surface area contributed by atoms with E-state index in [0.29, 0.717) is 18.1 Å². The van der Waals surface area contributed by atoms with Crippen molar-refractivity contribution in [2.24, 2.45) is 7.05 Å². The summed E-state index contributed by atoms with van der Waals surface area (Å²) in [4.78, 5) is 17.7. The van der Waals surface area contributed by atoms with Gasteiger partial charge in [0.15, 0.2) is 0 Å². The minimum absolute atomic E-state index is 0.239. The van der Waals surface area contributed by atoms with Crippen LogP contribution >= 0.6 is 0 Å². The van der Waals surface area contributed by atoms with Gasteiger partial charge in [0.25, 0.3) is 0 Å². The lowest BCUT2D eigenvalue weighted by Crippen LogP contribution is -2.22. The first-order valence-electron chi connectivity index (χ1n) is 6.30. The van der Waals surface area contributed by atoms with E-state index in [0.717, 1.165) is 11.4 Å². The third kappa shape index (κ3) is 2.64. The molecule has 0 amide bonds. The van der Waals surface area contributed by atoms with Crippen molar-refractivity contribution in [3.8, 4) is 0 Å². The summed E-state index contributed by atoms with van der Waals surface area (Å²) < 4.78 is 1.59. The molecule has 2 aromatic heterocycles. The van der Waals surface area contributed by atoms with Crippen LogP contribution in [0.3, 0.4) is 0 Å². The van der Waals surface area contributed by atoms with Gasteiger partial charge in [0, 0.05) is 19.8 Å². The Labute approximate surface area is 117 Å². The standard InChI is InChI=1S/C14H18N4O2/c1-9-6-5-7-11(15-9)8-17(3)13-12(14(19)20)10(2)16-18(13)4/h5-7H,8H2,1-4H3,(H,19,20). The Morgan fingerprint density at radius 1 is 1.40 bits per heavy atom. The highest BCUT2D eigenvalue weighted by atomic mass is 16.4. The number of anilines is 1. The Bertz CT molecular complexity index is 649. The van der Waals surface area contributed by atoms with Gasteiger partial charge in [-0.3, -0.25) is 9.67 Å². The van der Waals surface area contributed by atoms with E-state index in [1.807, 2.05) is 37.1 Å². The van der Waals surface area contributed by atoms with Crippen LogP contribution in [0.1, 0.15) is 27.4 Å². The number of aromatic carboxylic acids is 1. The Kier molecular flexibility index (Phi) is 3.74. The lowest BCUT2D eigenvalue weighted by molar-refractivity contribution is 0.0696. The van der Waals surface area contributed by atoms with Crippen LogP contribution in [-0.4, -0.2) is 32.9 Å². The van der Waals surface area contributed by atoms with Gasteiger partial charge in [-0.25, -0.2) is 4.79 Å². The number of pyridine rings is 1. The van der Waals surface area contributed by atoms with Gasteiger partial charge in [0.1, 0.15) is 11.4 Å². The van der Waals surface area contributed by atoms with E-state index in [9.17, 15) is 9.90 Å². The highest BCUT2D eigenvalue weighted by molar-refractivity contribution is 5.94. The molecule has 2 heterocycles. The fraction of sp³-hybridized carbons (Fsp3) is 0.357. The quantitative estimate of drug-likeness (QED) is 0.920. The largest absolute Gasteiger partial charge is 0.477 e.